The summed E-state index contributed by atoms with van der Waals surface area (Å²) in [5, 5.41) is 13.1. The Morgan fingerprint density at radius 3 is 2.43 bits per heavy atom. The van der Waals surface area contributed by atoms with E-state index in [0.29, 0.717) is 11.6 Å². The quantitative estimate of drug-likeness (QED) is 0.620. The minimum atomic E-state index is -3.83. The predicted octanol–water partition coefficient (Wildman–Crippen LogP) is 4.09. The Bertz CT molecular complexity index is 1160. The Balaban J connectivity index is 1.71. The van der Waals surface area contributed by atoms with Crippen molar-refractivity contribution >= 4 is 27.4 Å². The number of nitrogens with zero attached hydrogens (tertiary/aromatic N) is 2. The average Bonchev–Trinajstić information content (AvgIpc) is 3.07. The molecule has 0 saturated carbocycles. The summed E-state index contributed by atoms with van der Waals surface area (Å²) in [5.41, 5.74) is 4.89. The molecule has 2 heterocycles. The zero-order chi connectivity index (χ0) is 19.9. The number of sulfonamides is 1. The molecule has 0 saturated heterocycles. The Morgan fingerprint density at radius 1 is 1.04 bits per heavy atom. The lowest BCUT2D eigenvalue weighted by Crippen LogP contribution is -2.28. The van der Waals surface area contributed by atoms with E-state index in [9.17, 15) is 8.42 Å². The van der Waals surface area contributed by atoms with E-state index < -0.39 is 10.0 Å². The van der Waals surface area contributed by atoms with Crippen molar-refractivity contribution in [1.29, 1.82) is 0 Å². The molecule has 1 aliphatic heterocycles. The number of anilines is 2. The number of fused-ring (bicyclic) bond motifs is 1. The lowest BCUT2D eigenvalue weighted by Gasteiger charge is -2.22. The van der Waals surface area contributed by atoms with Crippen LogP contribution in [0.15, 0.2) is 58.0 Å². The molecule has 0 unspecified atom stereocenters. The van der Waals surface area contributed by atoms with Gasteiger partial charge in [-0.05, 0) is 36.6 Å². The molecule has 1 aromatic heterocycles. The average molecular weight is 395 g/mol. The smallest absolute Gasteiger partial charge is 0.287 e. The zero-order valence-corrected chi connectivity index (χ0v) is 16.6. The Morgan fingerprint density at radius 2 is 1.79 bits per heavy atom. The van der Waals surface area contributed by atoms with Gasteiger partial charge in [0.25, 0.3) is 10.0 Å². The van der Waals surface area contributed by atoms with E-state index in [1.165, 1.54) is 5.56 Å². The fourth-order valence-corrected chi connectivity index (χ4v) is 4.27. The summed E-state index contributed by atoms with van der Waals surface area (Å²) in [6, 6.07) is 13.0. The van der Waals surface area contributed by atoms with Crippen molar-refractivity contribution < 1.29 is 8.42 Å². The van der Waals surface area contributed by atoms with Crippen molar-refractivity contribution in [1.82, 2.24) is 10.2 Å². The fourth-order valence-electron chi connectivity index (χ4n) is 3.17. The first-order valence-corrected chi connectivity index (χ1v) is 10.4. The molecular weight excluding hydrogens is 374 g/mol. The molecule has 1 aliphatic rings. The second-order valence-corrected chi connectivity index (χ2v) is 8.60. The predicted molar refractivity (Wildman–Crippen MR) is 111 cm³/mol. The molecular formula is C20H21N5O2S. The van der Waals surface area contributed by atoms with E-state index >= 15 is 0 Å². The number of nitrogens with one attached hydrogen (secondary N) is 3. The van der Waals surface area contributed by atoms with Gasteiger partial charge in [0.05, 0.1) is 11.9 Å². The molecule has 0 radical (unpaired) electrons. The van der Waals surface area contributed by atoms with Crippen LogP contribution >= 0.6 is 0 Å². The SMILES string of the molecule is Cc1[nH]ncc1-c1cccc2c1NC(Nc1ccc(C(C)C)cc1)=NS2(=O)=O. The van der Waals surface area contributed by atoms with Gasteiger partial charge in [-0.15, -0.1) is 4.40 Å². The van der Waals surface area contributed by atoms with Crippen LogP contribution in [0.3, 0.4) is 0 Å². The normalized spacial score (nSPS) is 14.9. The Hall–Kier alpha value is -3.13. The number of aromatic amines is 1. The molecule has 0 amide bonds. The first-order chi connectivity index (χ1) is 13.3. The highest BCUT2D eigenvalue weighted by atomic mass is 32.2. The molecule has 3 N–H and O–H groups in total. The van der Waals surface area contributed by atoms with Crippen LogP contribution in [0.1, 0.15) is 31.0 Å². The highest BCUT2D eigenvalue weighted by Crippen LogP contribution is 2.37. The Labute approximate surface area is 164 Å². The Kier molecular flexibility index (Phi) is 4.43. The van der Waals surface area contributed by atoms with Crippen molar-refractivity contribution in [2.24, 2.45) is 4.40 Å². The topological polar surface area (TPSA) is 99.2 Å². The summed E-state index contributed by atoms with van der Waals surface area (Å²) in [4.78, 5) is 0.145. The highest BCUT2D eigenvalue weighted by molar-refractivity contribution is 7.90. The van der Waals surface area contributed by atoms with Gasteiger partial charge in [0, 0.05) is 22.5 Å². The lowest BCUT2D eigenvalue weighted by atomic mass is 10.0. The number of hydrogen-bond donors (Lipinski definition) is 3. The molecule has 0 spiro atoms. The molecule has 8 heteroatoms. The molecule has 2 aromatic carbocycles. The van der Waals surface area contributed by atoms with Crippen LogP contribution in [-0.2, 0) is 10.0 Å². The van der Waals surface area contributed by atoms with Gasteiger partial charge in [0.15, 0.2) is 0 Å². The first kappa shape index (κ1) is 18.2. The van der Waals surface area contributed by atoms with Crippen LogP contribution in [0, 0.1) is 6.92 Å². The van der Waals surface area contributed by atoms with Gasteiger partial charge in [0.1, 0.15) is 4.90 Å². The number of aryl methyl sites for hydroxylation is 1. The standard InChI is InChI=1S/C20H21N5O2S/c1-12(2)14-7-9-15(10-8-14)22-20-23-19-16(17-11-21-24-13(17)3)5-4-6-18(19)28(26,27)25-20/h4-12H,1-3H3,(H,21,24)(H2,22,23,25). The van der Waals surface area contributed by atoms with E-state index in [2.05, 4.69) is 39.1 Å². The molecule has 0 bridgehead atoms. The largest absolute Gasteiger partial charge is 0.325 e. The van der Waals surface area contributed by atoms with Crippen molar-refractivity contribution in [3.63, 3.8) is 0 Å². The van der Waals surface area contributed by atoms with Gasteiger partial charge < -0.3 is 10.6 Å². The molecule has 28 heavy (non-hydrogen) atoms. The summed E-state index contributed by atoms with van der Waals surface area (Å²) in [5.74, 6) is 0.589. The zero-order valence-electron chi connectivity index (χ0n) is 15.8. The molecule has 0 atom stereocenters. The molecule has 144 valence electrons. The van der Waals surface area contributed by atoms with Crippen LogP contribution in [0.5, 0.6) is 0 Å². The van der Waals surface area contributed by atoms with Crippen molar-refractivity contribution in [2.75, 3.05) is 10.6 Å². The highest BCUT2D eigenvalue weighted by Gasteiger charge is 2.28. The first-order valence-electron chi connectivity index (χ1n) is 8.97. The minimum absolute atomic E-state index is 0.145. The third kappa shape index (κ3) is 3.27. The number of rotatable bonds is 3. The minimum Gasteiger partial charge on any atom is -0.325 e. The summed E-state index contributed by atoms with van der Waals surface area (Å²) in [6.07, 6.45) is 1.68. The van der Waals surface area contributed by atoms with Crippen LogP contribution < -0.4 is 10.6 Å². The maximum Gasteiger partial charge on any atom is 0.287 e. The van der Waals surface area contributed by atoms with Crippen molar-refractivity contribution in [3.05, 3.63) is 59.9 Å². The summed E-state index contributed by atoms with van der Waals surface area (Å²) in [7, 11) is -3.83. The lowest BCUT2D eigenvalue weighted by molar-refractivity contribution is 0.598. The van der Waals surface area contributed by atoms with Crippen LogP contribution in [-0.4, -0.2) is 24.6 Å². The van der Waals surface area contributed by atoms with Crippen LogP contribution in [0.25, 0.3) is 11.1 Å². The number of para-hydroxylation sites is 1. The monoisotopic (exact) mass is 395 g/mol. The molecule has 0 fully saturated rings. The molecule has 0 aliphatic carbocycles. The van der Waals surface area contributed by atoms with Gasteiger partial charge in [-0.1, -0.05) is 38.1 Å². The number of H-pyrrole nitrogens is 1. The van der Waals surface area contributed by atoms with Crippen molar-refractivity contribution in [2.45, 2.75) is 31.6 Å². The van der Waals surface area contributed by atoms with Gasteiger partial charge >= 0.3 is 0 Å². The van der Waals surface area contributed by atoms with E-state index in [0.717, 1.165) is 22.5 Å². The van der Waals surface area contributed by atoms with E-state index in [4.69, 9.17) is 0 Å². The van der Waals surface area contributed by atoms with Gasteiger partial charge in [0.2, 0.25) is 5.96 Å². The number of aromatic nitrogens is 2. The van der Waals surface area contributed by atoms with Gasteiger partial charge in [-0.25, -0.2) is 0 Å². The maximum atomic E-state index is 12.7. The van der Waals surface area contributed by atoms with Crippen LogP contribution in [0.4, 0.5) is 11.4 Å². The number of hydrogen-bond acceptors (Lipinski definition) is 5. The van der Waals surface area contributed by atoms with Gasteiger partial charge in [-0.3, -0.25) is 5.10 Å². The fraction of sp³-hybridized carbons (Fsp3) is 0.200. The van der Waals surface area contributed by atoms with Gasteiger partial charge in [-0.2, -0.15) is 13.5 Å². The number of benzene rings is 2. The summed E-state index contributed by atoms with van der Waals surface area (Å²) in [6.45, 7) is 6.14. The third-order valence-electron chi connectivity index (χ3n) is 4.72. The van der Waals surface area contributed by atoms with E-state index in [-0.39, 0.29) is 10.9 Å². The second-order valence-electron chi connectivity index (χ2n) is 7.03. The molecule has 4 rings (SSSR count). The molecule has 7 nitrogen and oxygen atoms in total. The van der Waals surface area contributed by atoms with E-state index in [1.54, 1.807) is 18.3 Å². The third-order valence-corrected chi connectivity index (χ3v) is 6.04. The summed E-state index contributed by atoms with van der Waals surface area (Å²) >= 11 is 0. The van der Waals surface area contributed by atoms with Crippen LogP contribution in [0.2, 0.25) is 0 Å². The number of guanidine groups is 1. The second kappa shape index (κ2) is 6.79. The van der Waals surface area contributed by atoms with Crippen molar-refractivity contribution in [3.8, 4) is 11.1 Å². The molecule has 3 aromatic rings. The maximum absolute atomic E-state index is 12.7. The summed E-state index contributed by atoms with van der Waals surface area (Å²) < 4.78 is 29.4. The van der Waals surface area contributed by atoms with E-state index in [1.807, 2.05) is 37.3 Å².